The zero-order valence-electron chi connectivity index (χ0n) is 8.78. The number of hydrogen-bond acceptors (Lipinski definition) is 3. The number of carboxylic acids is 2. The largest absolute Gasteiger partial charge is 0.481 e. The number of nitrogens with two attached hydrogens (primary N) is 1. The Labute approximate surface area is 87.6 Å². The Morgan fingerprint density at radius 3 is 2.13 bits per heavy atom. The van der Waals surface area contributed by atoms with Crippen LogP contribution in [0.15, 0.2) is 0 Å². The molecule has 0 saturated heterocycles. The molecule has 15 heavy (non-hydrogen) atoms. The summed E-state index contributed by atoms with van der Waals surface area (Å²) in [6.07, 6.45) is -0.396. The van der Waals surface area contributed by atoms with E-state index in [1.54, 1.807) is 13.8 Å². The quantitative estimate of drug-likeness (QED) is 0.380. The first-order valence-corrected chi connectivity index (χ1v) is 4.44. The second-order valence-electron chi connectivity index (χ2n) is 4.18. The van der Waals surface area contributed by atoms with E-state index in [1.807, 2.05) is 0 Å². The lowest BCUT2D eigenvalue weighted by molar-refractivity contribution is -0.152. The van der Waals surface area contributed by atoms with Crippen LogP contribution < -0.4 is 5.73 Å². The second kappa shape index (κ2) is 4.77. The monoisotopic (exact) mass is 216 g/mol. The molecule has 6 heteroatoms. The number of carboxylic acid groups (broad SMARTS) is 2. The summed E-state index contributed by atoms with van der Waals surface area (Å²) < 4.78 is 0. The first-order chi connectivity index (χ1) is 6.66. The van der Waals surface area contributed by atoms with Gasteiger partial charge in [0.05, 0.1) is 18.2 Å². The molecule has 1 unspecified atom stereocenters. The highest BCUT2D eigenvalue weighted by Gasteiger charge is 2.37. The van der Waals surface area contributed by atoms with Gasteiger partial charge in [-0.1, -0.05) is 13.8 Å². The third-order valence-electron chi connectivity index (χ3n) is 2.27. The first-order valence-electron chi connectivity index (χ1n) is 4.44. The van der Waals surface area contributed by atoms with Crippen molar-refractivity contribution in [2.45, 2.75) is 26.7 Å². The van der Waals surface area contributed by atoms with Gasteiger partial charge in [-0.05, 0) is 5.41 Å². The average molecular weight is 216 g/mol. The van der Waals surface area contributed by atoms with E-state index in [4.69, 9.17) is 21.4 Å². The van der Waals surface area contributed by atoms with Gasteiger partial charge < -0.3 is 15.9 Å². The number of nitrogens with one attached hydrogen (secondary N) is 1. The summed E-state index contributed by atoms with van der Waals surface area (Å²) in [5, 5.41) is 24.6. The van der Waals surface area contributed by atoms with E-state index in [0.717, 1.165) is 0 Å². The molecule has 6 nitrogen and oxygen atoms in total. The van der Waals surface area contributed by atoms with Gasteiger partial charge >= 0.3 is 11.9 Å². The fraction of sp³-hybridized carbons (Fsp3) is 0.667. The van der Waals surface area contributed by atoms with E-state index in [1.165, 1.54) is 0 Å². The molecule has 86 valence electrons. The van der Waals surface area contributed by atoms with E-state index in [9.17, 15) is 9.59 Å². The second-order valence-corrected chi connectivity index (χ2v) is 4.18. The van der Waals surface area contributed by atoms with Crippen LogP contribution in [0.25, 0.3) is 0 Å². The lowest BCUT2D eigenvalue weighted by Crippen LogP contribution is -2.36. The molecule has 0 aliphatic heterocycles. The zero-order chi connectivity index (χ0) is 12.2. The van der Waals surface area contributed by atoms with Crippen LogP contribution in [0, 0.1) is 16.7 Å². The van der Waals surface area contributed by atoms with Crippen molar-refractivity contribution in [3.05, 3.63) is 0 Å². The molecule has 0 bridgehead atoms. The molecule has 0 radical (unpaired) electrons. The van der Waals surface area contributed by atoms with Crippen LogP contribution in [0.5, 0.6) is 0 Å². The van der Waals surface area contributed by atoms with Crippen molar-refractivity contribution >= 4 is 17.8 Å². The predicted molar refractivity (Wildman–Crippen MR) is 53.7 cm³/mol. The van der Waals surface area contributed by atoms with E-state index < -0.39 is 29.7 Å². The van der Waals surface area contributed by atoms with Gasteiger partial charge in [-0.25, -0.2) is 0 Å². The molecular weight excluding hydrogens is 200 g/mol. The van der Waals surface area contributed by atoms with Gasteiger partial charge in [0.1, 0.15) is 0 Å². The number of hydrogen-bond donors (Lipinski definition) is 4. The molecule has 0 aromatic heterocycles. The Morgan fingerprint density at radius 1 is 1.40 bits per heavy atom. The van der Waals surface area contributed by atoms with Crippen molar-refractivity contribution in [1.82, 2.24) is 0 Å². The van der Waals surface area contributed by atoms with Crippen LogP contribution in [0.3, 0.4) is 0 Å². The summed E-state index contributed by atoms with van der Waals surface area (Å²) >= 11 is 0. The van der Waals surface area contributed by atoms with E-state index in [2.05, 4.69) is 0 Å². The van der Waals surface area contributed by atoms with Gasteiger partial charge in [0, 0.05) is 6.42 Å². The van der Waals surface area contributed by atoms with Crippen molar-refractivity contribution in [1.29, 1.82) is 5.41 Å². The molecule has 0 aromatic rings. The summed E-state index contributed by atoms with van der Waals surface area (Å²) in [7, 11) is 0. The van der Waals surface area contributed by atoms with Gasteiger partial charge in [0.25, 0.3) is 0 Å². The minimum absolute atomic E-state index is 0.0667. The van der Waals surface area contributed by atoms with Crippen LogP contribution in [0.4, 0.5) is 0 Å². The zero-order valence-corrected chi connectivity index (χ0v) is 8.78. The number of aliphatic carboxylic acids is 2. The Bertz CT molecular complexity index is 286. The number of carbonyl (C=O) groups is 2. The maximum atomic E-state index is 10.9. The highest BCUT2D eigenvalue weighted by molar-refractivity contribution is 5.81. The fourth-order valence-corrected chi connectivity index (χ4v) is 1.49. The van der Waals surface area contributed by atoms with Gasteiger partial charge in [0.15, 0.2) is 0 Å². The van der Waals surface area contributed by atoms with Crippen molar-refractivity contribution < 1.29 is 19.8 Å². The molecule has 0 amide bonds. The highest BCUT2D eigenvalue weighted by atomic mass is 16.4. The van der Waals surface area contributed by atoms with Gasteiger partial charge in [0.2, 0.25) is 0 Å². The van der Waals surface area contributed by atoms with Crippen LogP contribution >= 0.6 is 0 Å². The normalized spacial score (nSPS) is 13.2. The van der Waals surface area contributed by atoms with Crippen molar-refractivity contribution in [3.63, 3.8) is 0 Å². The van der Waals surface area contributed by atoms with Crippen molar-refractivity contribution in [2.24, 2.45) is 17.1 Å². The number of amidine groups is 1. The van der Waals surface area contributed by atoms with Crippen molar-refractivity contribution in [3.8, 4) is 0 Å². The first kappa shape index (κ1) is 13.4. The summed E-state index contributed by atoms with van der Waals surface area (Å²) in [5.41, 5.74) is 4.35. The SMILES string of the molecule is CC(C)(CC(=N)N)C(CC(=O)O)C(=O)O. The summed E-state index contributed by atoms with van der Waals surface area (Å²) in [4.78, 5) is 21.4. The minimum Gasteiger partial charge on any atom is -0.481 e. The van der Waals surface area contributed by atoms with E-state index in [-0.39, 0.29) is 12.3 Å². The minimum atomic E-state index is -1.18. The third kappa shape index (κ3) is 4.44. The smallest absolute Gasteiger partial charge is 0.307 e. The Hall–Kier alpha value is -1.59. The molecule has 0 heterocycles. The van der Waals surface area contributed by atoms with Gasteiger partial charge in [-0.2, -0.15) is 0 Å². The standard InChI is InChI=1S/C9H16N2O4/c1-9(2,4-6(10)11)5(8(14)15)3-7(12)13/h5H,3-4H2,1-2H3,(H3,10,11)(H,12,13)(H,14,15). The van der Waals surface area contributed by atoms with Gasteiger partial charge in [-0.15, -0.1) is 0 Å². The van der Waals surface area contributed by atoms with Crippen LogP contribution in [-0.4, -0.2) is 28.0 Å². The summed E-state index contributed by atoms with van der Waals surface area (Å²) in [6.45, 7) is 3.19. The fourth-order valence-electron chi connectivity index (χ4n) is 1.49. The third-order valence-corrected chi connectivity index (χ3v) is 2.27. The van der Waals surface area contributed by atoms with Crippen molar-refractivity contribution in [2.75, 3.05) is 0 Å². The summed E-state index contributed by atoms with van der Waals surface area (Å²) in [6, 6.07) is 0. The lowest BCUT2D eigenvalue weighted by Gasteiger charge is -2.29. The predicted octanol–water partition coefficient (Wildman–Crippen LogP) is 0.514. The highest BCUT2D eigenvalue weighted by Crippen LogP contribution is 2.33. The number of rotatable bonds is 6. The Morgan fingerprint density at radius 2 is 1.87 bits per heavy atom. The summed E-state index contributed by atoms with van der Waals surface area (Å²) in [5.74, 6) is -3.53. The van der Waals surface area contributed by atoms with Crippen LogP contribution in [0.2, 0.25) is 0 Å². The maximum absolute atomic E-state index is 10.9. The molecule has 0 aliphatic rings. The Balaban J connectivity index is 4.80. The maximum Gasteiger partial charge on any atom is 0.307 e. The molecule has 0 fully saturated rings. The molecular formula is C9H16N2O4. The molecule has 0 saturated carbocycles. The van der Waals surface area contributed by atoms with Crippen LogP contribution in [0.1, 0.15) is 26.7 Å². The lowest BCUT2D eigenvalue weighted by atomic mass is 9.74. The molecule has 0 rings (SSSR count). The molecule has 0 aliphatic carbocycles. The Kier molecular flexibility index (Phi) is 4.26. The topological polar surface area (TPSA) is 124 Å². The van der Waals surface area contributed by atoms with Gasteiger partial charge in [-0.3, -0.25) is 15.0 Å². The average Bonchev–Trinajstić information content (AvgIpc) is 1.96. The molecule has 1 atom stereocenters. The molecule has 5 N–H and O–H groups in total. The molecule has 0 spiro atoms. The molecule has 0 aromatic carbocycles. The van der Waals surface area contributed by atoms with E-state index >= 15 is 0 Å². The van der Waals surface area contributed by atoms with Crippen LogP contribution in [-0.2, 0) is 9.59 Å². The van der Waals surface area contributed by atoms with E-state index in [0.29, 0.717) is 0 Å².